The Hall–Kier alpha value is -0.350. The maximum atomic E-state index is 3.47. The number of benzene rings is 2. The van der Waals surface area contributed by atoms with Crippen LogP contribution in [-0.4, -0.2) is 0 Å². The minimum Gasteiger partial charge on any atom is -0.0561 e. The first-order chi connectivity index (χ1) is 8.45. The molecular formula is C16H17BrI+. The lowest BCUT2D eigenvalue weighted by Crippen LogP contribution is -3.61. The molecular weight excluding hydrogens is 399 g/mol. The molecule has 0 saturated heterocycles. The lowest BCUT2D eigenvalue weighted by atomic mass is 9.87. The van der Waals surface area contributed by atoms with Crippen LogP contribution in [0.15, 0.2) is 53.0 Å². The highest BCUT2D eigenvalue weighted by molar-refractivity contribution is 9.10. The van der Waals surface area contributed by atoms with Crippen LogP contribution in [0.5, 0.6) is 0 Å². The van der Waals surface area contributed by atoms with E-state index in [1.54, 1.807) is 0 Å². The standard InChI is InChI=1S/C16H17BrI/c1-16(2,3)12-4-8-14(9-5-12)18-15-10-6-13(17)7-11-15/h4-11H,1-3H3/q+1. The quantitative estimate of drug-likeness (QED) is 0.657. The van der Waals surface area contributed by atoms with E-state index in [0.717, 1.165) is 4.47 Å². The summed E-state index contributed by atoms with van der Waals surface area (Å²) in [5, 5.41) is 0. The molecule has 0 aliphatic heterocycles. The van der Waals surface area contributed by atoms with Crippen molar-refractivity contribution in [2.75, 3.05) is 0 Å². The zero-order chi connectivity index (χ0) is 13.2. The molecule has 0 amide bonds. The van der Waals surface area contributed by atoms with E-state index in [-0.39, 0.29) is 26.6 Å². The second-order valence-corrected chi connectivity index (χ2v) is 9.23. The third kappa shape index (κ3) is 3.82. The highest BCUT2D eigenvalue weighted by atomic mass is 127. The monoisotopic (exact) mass is 415 g/mol. The molecule has 0 spiro atoms. The lowest BCUT2D eigenvalue weighted by molar-refractivity contribution is -0.597. The third-order valence-corrected chi connectivity index (χ3v) is 5.94. The van der Waals surface area contributed by atoms with Gasteiger partial charge in [0.15, 0.2) is 7.14 Å². The van der Waals surface area contributed by atoms with Gasteiger partial charge in [-0.1, -0.05) is 48.8 Å². The average Bonchev–Trinajstić information content (AvgIpc) is 2.32. The Bertz CT molecular complexity index is 506. The molecule has 2 aromatic rings. The van der Waals surface area contributed by atoms with Gasteiger partial charge >= 0.3 is 21.2 Å². The number of hydrogen-bond acceptors (Lipinski definition) is 0. The molecule has 0 bridgehead atoms. The summed E-state index contributed by atoms with van der Waals surface area (Å²) in [7, 11) is 0. The van der Waals surface area contributed by atoms with E-state index in [9.17, 15) is 0 Å². The van der Waals surface area contributed by atoms with Crippen molar-refractivity contribution in [1.82, 2.24) is 0 Å². The van der Waals surface area contributed by atoms with Gasteiger partial charge in [-0.25, -0.2) is 0 Å². The second-order valence-electron chi connectivity index (χ2n) is 5.29. The second kappa shape index (κ2) is 5.74. The fourth-order valence-corrected chi connectivity index (χ4v) is 4.05. The topological polar surface area (TPSA) is 0 Å². The summed E-state index contributed by atoms with van der Waals surface area (Å²) < 4.78 is 4.09. The summed E-state index contributed by atoms with van der Waals surface area (Å²) >= 11 is 3.42. The summed E-state index contributed by atoms with van der Waals surface area (Å²) in [5.41, 5.74) is 1.65. The van der Waals surface area contributed by atoms with Crippen LogP contribution in [0.25, 0.3) is 0 Å². The minimum atomic E-state index is -0.0544. The molecule has 0 unspecified atom stereocenters. The molecule has 2 aromatic carbocycles. The maximum Gasteiger partial charge on any atom is 0.357 e. The molecule has 0 atom stereocenters. The Morgan fingerprint density at radius 1 is 0.778 bits per heavy atom. The Morgan fingerprint density at radius 2 is 1.22 bits per heavy atom. The van der Waals surface area contributed by atoms with Gasteiger partial charge in [-0.15, -0.1) is 0 Å². The van der Waals surface area contributed by atoms with E-state index in [0.29, 0.717) is 0 Å². The molecule has 0 fully saturated rings. The molecule has 0 aromatic heterocycles. The Kier molecular flexibility index (Phi) is 4.49. The minimum absolute atomic E-state index is 0.0544. The van der Waals surface area contributed by atoms with Gasteiger partial charge in [0.05, 0.1) is 0 Å². The molecule has 18 heavy (non-hydrogen) atoms. The molecule has 0 aliphatic rings. The Morgan fingerprint density at radius 3 is 1.67 bits per heavy atom. The van der Waals surface area contributed by atoms with Crippen LogP contribution in [0.3, 0.4) is 0 Å². The summed E-state index contributed by atoms with van der Waals surface area (Å²) in [5.74, 6) is 0. The first-order valence-corrected chi connectivity index (χ1v) is 8.91. The summed E-state index contributed by atoms with van der Waals surface area (Å²) in [6.07, 6.45) is 0. The zero-order valence-corrected chi connectivity index (χ0v) is 14.6. The molecule has 0 aliphatic carbocycles. The predicted octanol–water partition coefficient (Wildman–Crippen LogP) is 1.88. The van der Waals surface area contributed by atoms with E-state index < -0.39 is 0 Å². The number of rotatable bonds is 2. The smallest absolute Gasteiger partial charge is 0.0561 e. The van der Waals surface area contributed by atoms with Crippen molar-refractivity contribution in [3.05, 3.63) is 65.7 Å². The Balaban J connectivity index is 2.13. The SMILES string of the molecule is CC(C)(C)c1ccc([I+]c2ccc(Br)cc2)cc1. The number of halogens is 2. The highest BCUT2D eigenvalue weighted by Gasteiger charge is 2.18. The highest BCUT2D eigenvalue weighted by Crippen LogP contribution is 2.20. The first-order valence-electron chi connectivity index (χ1n) is 5.96. The van der Waals surface area contributed by atoms with Gasteiger partial charge in [-0.05, 0) is 47.4 Å². The molecule has 2 rings (SSSR count). The predicted molar refractivity (Wildman–Crippen MR) is 76.7 cm³/mol. The summed E-state index contributed by atoms with van der Waals surface area (Å²) in [6, 6.07) is 17.8. The van der Waals surface area contributed by atoms with E-state index >= 15 is 0 Å². The van der Waals surface area contributed by atoms with Crippen LogP contribution in [0.2, 0.25) is 0 Å². The summed E-state index contributed by atoms with van der Waals surface area (Å²) in [4.78, 5) is 0. The van der Waals surface area contributed by atoms with Crippen molar-refractivity contribution in [2.45, 2.75) is 26.2 Å². The van der Waals surface area contributed by atoms with Gasteiger partial charge in [-0.2, -0.15) is 0 Å². The van der Waals surface area contributed by atoms with Crippen molar-refractivity contribution < 1.29 is 21.2 Å². The molecule has 94 valence electrons. The molecule has 0 nitrogen and oxygen atoms in total. The van der Waals surface area contributed by atoms with Gasteiger partial charge in [0.2, 0.25) is 0 Å². The van der Waals surface area contributed by atoms with Crippen LogP contribution in [-0.2, 0) is 5.41 Å². The fourth-order valence-electron chi connectivity index (χ4n) is 1.63. The maximum absolute atomic E-state index is 3.47. The van der Waals surface area contributed by atoms with Crippen molar-refractivity contribution in [1.29, 1.82) is 0 Å². The normalized spacial score (nSPS) is 11.6. The molecule has 0 radical (unpaired) electrons. The average molecular weight is 416 g/mol. The van der Waals surface area contributed by atoms with Crippen molar-refractivity contribution >= 4 is 15.9 Å². The van der Waals surface area contributed by atoms with E-state index in [1.807, 2.05) is 0 Å². The lowest BCUT2D eigenvalue weighted by Gasteiger charge is -2.18. The Labute approximate surface area is 128 Å². The van der Waals surface area contributed by atoms with Crippen molar-refractivity contribution in [3.8, 4) is 0 Å². The molecule has 2 heteroatoms. The number of hydrogen-bond donors (Lipinski definition) is 0. The van der Waals surface area contributed by atoms with E-state index in [2.05, 4.69) is 85.2 Å². The summed E-state index contributed by atoms with van der Waals surface area (Å²) in [6.45, 7) is 6.77. The fraction of sp³-hybridized carbons (Fsp3) is 0.250. The zero-order valence-electron chi connectivity index (χ0n) is 10.9. The van der Waals surface area contributed by atoms with Crippen LogP contribution in [0, 0.1) is 7.14 Å². The molecule has 0 N–H and O–H groups in total. The third-order valence-electron chi connectivity index (χ3n) is 2.73. The molecule has 0 saturated carbocycles. The van der Waals surface area contributed by atoms with E-state index in [4.69, 9.17) is 0 Å². The van der Waals surface area contributed by atoms with Crippen LogP contribution < -0.4 is 21.2 Å². The van der Waals surface area contributed by atoms with Crippen LogP contribution in [0.4, 0.5) is 0 Å². The van der Waals surface area contributed by atoms with Gasteiger partial charge in [0, 0.05) is 4.47 Å². The van der Waals surface area contributed by atoms with Crippen LogP contribution in [0.1, 0.15) is 26.3 Å². The van der Waals surface area contributed by atoms with Gasteiger partial charge < -0.3 is 0 Å². The first kappa shape index (κ1) is 14.1. The van der Waals surface area contributed by atoms with Crippen molar-refractivity contribution in [2.24, 2.45) is 0 Å². The van der Waals surface area contributed by atoms with Crippen LogP contribution >= 0.6 is 15.9 Å². The largest absolute Gasteiger partial charge is 0.357 e. The molecule has 0 heterocycles. The van der Waals surface area contributed by atoms with E-state index in [1.165, 1.54) is 12.7 Å². The van der Waals surface area contributed by atoms with Crippen molar-refractivity contribution in [3.63, 3.8) is 0 Å². The van der Waals surface area contributed by atoms with Gasteiger partial charge in [0.25, 0.3) is 0 Å². The van der Waals surface area contributed by atoms with Gasteiger partial charge in [0.1, 0.15) is 0 Å². The van der Waals surface area contributed by atoms with Gasteiger partial charge in [-0.3, -0.25) is 0 Å².